The molecule has 0 atom stereocenters. The summed E-state index contributed by atoms with van der Waals surface area (Å²) in [7, 11) is 0. The van der Waals surface area contributed by atoms with E-state index in [4.69, 9.17) is 0 Å². The molecule has 4 heteroatoms. The van der Waals surface area contributed by atoms with Crippen LogP contribution >= 0.6 is 0 Å². The van der Waals surface area contributed by atoms with Crippen LogP contribution in [0.25, 0.3) is 0 Å². The van der Waals surface area contributed by atoms with Gasteiger partial charge in [-0.15, -0.1) is 0 Å². The molecule has 1 aromatic heterocycles. The highest BCUT2D eigenvalue weighted by Crippen LogP contribution is 2.10. The summed E-state index contributed by atoms with van der Waals surface area (Å²) in [5.41, 5.74) is 1.76. The number of hydrogen-bond donors (Lipinski definition) is 1. The standard InChI is InChI=1S/C15H20FN3/c1-12(2)7-17-8-14-9-18-11-19(14)10-13-5-3-4-6-15(13)16/h3-6,9,11-12,17H,7-8,10H2,1-2H3. The van der Waals surface area contributed by atoms with Gasteiger partial charge in [0.05, 0.1) is 18.6 Å². The molecule has 1 heterocycles. The molecule has 0 aliphatic carbocycles. The zero-order valence-corrected chi connectivity index (χ0v) is 11.4. The first-order valence-corrected chi connectivity index (χ1v) is 6.60. The highest BCUT2D eigenvalue weighted by atomic mass is 19.1. The average Bonchev–Trinajstić information content (AvgIpc) is 2.79. The van der Waals surface area contributed by atoms with Crippen molar-refractivity contribution in [2.45, 2.75) is 26.9 Å². The van der Waals surface area contributed by atoms with Crippen molar-refractivity contribution in [2.75, 3.05) is 6.54 Å². The first-order chi connectivity index (χ1) is 9.16. The van der Waals surface area contributed by atoms with Crippen LogP contribution in [0.2, 0.25) is 0 Å². The van der Waals surface area contributed by atoms with Gasteiger partial charge in [-0.3, -0.25) is 0 Å². The number of nitrogens with one attached hydrogen (secondary N) is 1. The molecule has 0 bridgehead atoms. The molecular formula is C15H20FN3. The minimum atomic E-state index is -0.169. The van der Waals surface area contributed by atoms with Crippen LogP contribution in [0, 0.1) is 11.7 Å². The van der Waals surface area contributed by atoms with Crippen LogP contribution in [0.4, 0.5) is 4.39 Å². The monoisotopic (exact) mass is 261 g/mol. The van der Waals surface area contributed by atoms with Gasteiger partial charge in [0.1, 0.15) is 5.82 Å². The Hall–Kier alpha value is -1.68. The van der Waals surface area contributed by atoms with E-state index in [0.717, 1.165) is 18.8 Å². The zero-order chi connectivity index (χ0) is 13.7. The first kappa shape index (κ1) is 13.7. The molecule has 2 aromatic rings. The van der Waals surface area contributed by atoms with E-state index in [1.807, 2.05) is 16.8 Å². The molecule has 1 N–H and O–H groups in total. The van der Waals surface area contributed by atoms with Crippen molar-refractivity contribution in [3.05, 3.63) is 53.9 Å². The minimum Gasteiger partial charge on any atom is -0.329 e. The second-order valence-corrected chi connectivity index (χ2v) is 5.13. The summed E-state index contributed by atoms with van der Waals surface area (Å²) in [4.78, 5) is 4.15. The van der Waals surface area contributed by atoms with Gasteiger partial charge in [-0.2, -0.15) is 0 Å². The molecule has 0 spiro atoms. The summed E-state index contributed by atoms with van der Waals surface area (Å²) in [6, 6.07) is 6.85. The summed E-state index contributed by atoms with van der Waals surface area (Å²) in [5, 5.41) is 3.37. The van der Waals surface area contributed by atoms with Crippen molar-refractivity contribution in [1.29, 1.82) is 0 Å². The molecule has 0 aliphatic heterocycles. The summed E-state index contributed by atoms with van der Waals surface area (Å²) in [5.74, 6) is 0.445. The van der Waals surface area contributed by atoms with Crippen molar-refractivity contribution in [1.82, 2.24) is 14.9 Å². The van der Waals surface area contributed by atoms with E-state index < -0.39 is 0 Å². The van der Waals surface area contributed by atoms with Gasteiger partial charge in [-0.25, -0.2) is 9.37 Å². The van der Waals surface area contributed by atoms with E-state index >= 15 is 0 Å². The maximum absolute atomic E-state index is 13.6. The zero-order valence-electron chi connectivity index (χ0n) is 11.4. The lowest BCUT2D eigenvalue weighted by atomic mass is 10.2. The minimum absolute atomic E-state index is 0.169. The lowest BCUT2D eigenvalue weighted by Crippen LogP contribution is -2.21. The van der Waals surface area contributed by atoms with Crippen LogP contribution in [-0.2, 0) is 13.1 Å². The summed E-state index contributed by atoms with van der Waals surface area (Å²) < 4.78 is 15.6. The summed E-state index contributed by atoms with van der Waals surface area (Å²) >= 11 is 0. The predicted octanol–water partition coefficient (Wildman–Crippen LogP) is 2.82. The molecule has 0 saturated carbocycles. The normalized spacial score (nSPS) is 11.2. The maximum atomic E-state index is 13.6. The Bertz CT molecular complexity index is 520. The number of hydrogen-bond acceptors (Lipinski definition) is 2. The molecule has 0 unspecified atom stereocenters. The molecular weight excluding hydrogens is 241 g/mol. The van der Waals surface area contributed by atoms with Gasteiger partial charge in [0.2, 0.25) is 0 Å². The van der Waals surface area contributed by atoms with Crippen LogP contribution in [-0.4, -0.2) is 16.1 Å². The highest BCUT2D eigenvalue weighted by Gasteiger charge is 2.06. The molecule has 0 saturated heterocycles. The molecule has 19 heavy (non-hydrogen) atoms. The number of halogens is 1. The van der Waals surface area contributed by atoms with E-state index in [-0.39, 0.29) is 5.82 Å². The molecule has 1 aromatic carbocycles. The van der Waals surface area contributed by atoms with Gasteiger partial charge in [0.25, 0.3) is 0 Å². The van der Waals surface area contributed by atoms with E-state index in [1.165, 1.54) is 6.07 Å². The Balaban J connectivity index is 2.01. The number of benzene rings is 1. The Kier molecular flexibility index (Phi) is 4.68. The third-order valence-electron chi connectivity index (χ3n) is 2.96. The topological polar surface area (TPSA) is 29.9 Å². The second kappa shape index (κ2) is 6.48. The van der Waals surface area contributed by atoms with Gasteiger partial charge in [0.15, 0.2) is 0 Å². The molecule has 0 aliphatic rings. The van der Waals surface area contributed by atoms with E-state index in [9.17, 15) is 4.39 Å². The third-order valence-corrected chi connectivity index (χ3v) is 2.96. The van der Waals surface area contributed by atoms with Crippen molar-refractivity contribution in [3.63, 3.8) is 0 Å². The van der Waals surface area contributed by atoms with Crippen molar-refractivity contribution >= 4 is 0 Å². The van der Waals surface area contributed by atoms with Crippen molar-refractivity contribution in [3.8, 4) is 0 Å². The van der Waals surface area contributed by atoms with E-state index in [2.05, 4.69) is 24.1 Å². The van der Waals surface area contributed by atoms with Gasteiger partial charge in [0, 0.05) is 18.3 Å². The van der Waals surface area contributed by atoms with Crippen LogP contribution < -0.4 is 5.32 Å². The summed E-state index contributed by atoms with van der Waals surface area (Å²) in [6.07, 6.45) is 3.58. The average molecular weight is 261 g/mol. The van der Waals surface area contributed by atoms with Crippen molar-refractivity contribution < 1.29 is 4.39 Å². The molecule has 0 radical (unpaired) electrons. The number of rotatable bonds is 6. The van der Waals surface area contributed by atoms with Gasteiger partial charge in [-0.1, -0.05) is 32.0 Å². The van der Waals surface area contributed by atoms with Gasteiger partial charge >= 0.3 is 0 Å². The first-order valence-electron chi connectivity index (χ1n) is 6.60. The smallest absolute Gasteiger partial charge is 0.128 e. The van der Waals surface area contributed by atoms with Gasteiger partial charge in [-0.05, 0) is 18.5 Å². The van der Waals surface area contributed by atoms with Crippen LogP contribution in [0.1, 0.15) is 25.1 Å². The fourth-order valence-corrected chi connectivity index (χ4v) is 1.94. The van der Waals surface area contributed by atoms with Crippen LogP contribution in [0.15, 0.2) is 36.8 Å². The SMILES string of the molecule is CC(C)CNCc1cncn1Cc1ccccc1F. The largest absolute Gasteiger partial charge is 0.329 e. The Morgan fingerprint density at radius 1 is 1.32 bits per heavy atom. The fourth-order valence-electron chi connectivity index (χ4n) is 1.94. The fraction of sp³-hybridized carbons (Fsp3) is 0.400. The Morgan fingerprint density at radius 3 is 2.84 bits per heavy atom. The van der Waals surface area contributed by atoms with Gasteiger partial charge < -0.3 is 9.88 Å². The molecule has 2 rings (SSSR count). The lowest BCUT2D eigenvalue weighted by molar-refractivity contribution is 0.536. The quantitative estimate of drug-likeness (QED) is 0.866. The molecule has 102 valence electrons. The van der Waals surface area contributed by atoms with E-state index in [1.54, 1.807) is 18.5 Å². The van der Waals surface area contributed by atoms with Crippen molar-refractivity contribution in [2.24, 2.45) is 5.92 Å². The number of imidazole rings is 1. The number of aromatic nitrogens is 2. The second-order valence-electron chi connectivity index (χ2n) is 5.13. The predicted molar refractivity (Wildman–Crippen MR) is 74.3 cm³/mol. The highest BCUT2D eigenvalue weighted by molar-refractivity contribution is 5.18. The maximum Gasteiger partial charge on any atom is 0.128 e. The number of nitrogens with zero attached hydrogens (tertiary/aromatic N) is 2. The van der Waals surface area contributed by atoms with Crippen LogP contribution in [0.5, 0.6) is 0 Å². The molecule has 0 amide bonds. The Morgan fingerprint density at radius 2 is 2.11 bits per heavy atom. The van der Waals surface area contributed by atoms with Crippen LogP contribution in [0.3, 0.4) is 0 Å². The molecule has 3 nitrogen and oxygen atoms in total. The molecule has 0 fully saturated rings. The summed E-state index contributed by atoms with van der Waals surface area (Å²) in [6.45, 7) is 6.58. The third kappa shape index (κ3) is 3.89. The Labute approximate surface area is 113 Å². The van der Waals surface area contributed by atoms with E-state index in [0.29, 0.717) is 18.0 Å². The lowest BCUT2D eigenvalue weighted by Gasteiger charge is -2.11.